The molecule has 7 nitrogen and oxygen atoms in total. The lowest BCUT2D eigenvalue weighted by molar-refractivity contribution is -0.121. The number of halogens is 3. The summed E-state index contributed by atoms with van der Waals surface area (Å²) in [5, 5.41) is 3.54. The van der Waals surface area contributed by atoms with Crippen LogP contribution in [0, 0.1) is 0 Å². The lowest BCUT2D eigenvalue weighted by Crippen LogP contribution is -2.61. The number of fused-ring (bicyclic) bond motifs is 1. The molecule has 3 aliphatic heterocycles. The van der Waals surface area contributed by atoms with Gasteiger partial charge in [0.25, 0.3) is 5.92 Å². The Balaban J connectivity index is 0.00000342. The highest BCUT2D eigenvalue weighted by atomic mass is 35.5. The third-order valence-corrected chi connectivity index (χ3v) is 7.33. The number of anilines is 1. The Hall–Kier alpha value is -1.39. The minimum absolute atomic E-state index is 0. The molecule has 4 rings (SSSR count). The first-order valence-electron chi connectivity index (χ1n) is 12.6. The zero-order valence-electron chi connectivity index (χ0n) is 21.4. The summed E-state index contributed by atoms with van der Waals surface area (Å²) in [6, 6.07) is 1.96. The average molecular weight is 516 g/mol. The lowest BCUT2D eigenvalue weighted by Gasteiger charge is -2.42. The number of hydrogen-bond acceptors (Lipinski definition) is 6. The number of nitrogens with one attached hydrogen (secondary N) is 1. The highest BCUT2D eigenvalue weighted by Gasteiger charge is 2.42. The lowest BCUT2D eigenvalue weighted by atomic mass is 9.88. The Morgan fingerprint density at radius 1 is 1.31 bits per heavy atom. The van der Waals surface area contributed by atoms with Crippen molar-refractivity contribution in [2.24, 2.45) is 0 Å². The van der Waals surface area contributed by atoms with Crippen molar-refractivity contribution in [1.82, 2.24) is 20.1 Å². The number of pyridine rings is 1. The maximum atomic E-state index is 14.6. The van der Waals surface area contributed by atoms with Gasteiger partial charge in [-0.2, -0.15) is 8.78 Å². The summed E-state index contributed by atoms with van der Waals surface area (Å²) in [7, 11) is 0. The van der Waals surface area contributed by atoms with Gasteiger partial charge in [0.05, 0.1) is 25.4 Å². The molecule has 0 unspecified atom stereocenters. The van der Waals surface area contributed by atoms with Crippen molar-refractivity contribution in [3.8, 4) is 0 Å². The Kier molecular flexibility index (Phi) is 9.13. The second-order valence-corrected chi connectivity index (χ2v) is 10.7. The maximum Gasteiger partial charge on any atom is 0.289 e. The maximum absolute atomic E-state index is 14.6. The molecule has 3 aliphatic rings. The molecule has 0 aliphatic carbocycles. The molecule has 0 aromatic carbocycles. The molecule has 198 valence electrons. The van der Waals surface area contributed by atoms with Gasteiger partial charge in [0.1, 0.15) is 5.69 Å². The Bertz CT molecular complexity index is 881. The van der Waals surface area contributed by atoms with Gasteiger partial charge < -0.3 is 15.0 Å². The number of nitrogens with zero attached hydrogens (tertiary/aromatic N) is 4. The fourth-order valence-electron chi connectivity index (χ4n) is 5.37. The van der Waals surface area contributed by atoms with E-state index in [4.69, 9.17) is 4.74 Å². The fraction of sp³-hybridized carbons (Fsp3) is 0.760. The summed E-state index contributed by atoms with van der Waals surface area (Å²) in [5.74, 6) is -3.04. The summed E-state index contributed by atoms with van der Waals surface area (Å²) in [5.41, 5.74) is 0.865. The van der Waals surface area contributed by atoms with Crippen LogP contribution in [-0.2, 0) is 20.9 Å². The van der Waals surface area contributed by atoms with Gasteiger partial charge in [0, 0.05) is 74.9 Å². The average Bonchev–Trinajstić information content (AvgIpc) is 3.07. The molecule has 10 heteroatoms. The highest BCUT2D eigenvalue weighted by Crippen LogP contribution is 2.43. The first-order valence-corrected chi connectivity index (χ1v) is 12.6. The number of hydrogen-bond donors (Lipinski definition) is 1. The van der Waals surface area contributed by atoms with E-state index in [0.29, 0.717) is 24.7 Å². The van der Waals surface area contributed by atoms with Crippen LogP contribution >= 0.6 is 12.4 Å². The van der Waals surface area contributed by atoms with E-state index in [-0.39, 0.29) is 48.4 Å². The van der Waals surface area contributed by atoms with Crippen molar-refractivity contribution < 1.29 is 18.3 Å². The van der Waals surface area contributed by atoms with Gasteiger partial charge in [0.15, 0.2) is 0 Å². The standard InChI is InChI=1S/C25H39F2N5O2.ClH/c1-5-6-25(26,27)22-11-21-20(13-29-22)24(3,4)17-32(21)23(33)16-31-14-18(2)28-12-19(31)15-30-7-9-34-10-8-30;/h11,13,18-19,28H,5-10,12,14-17H2,1-4H3;1H/t18-,19-;/m1./s1. The molecule has 1 N–H and O–H groups in total. The number of carbonyl (C=O) groups excluding carboxylic acids is 1. The van der Waals surface area contributed by atoms with Crippen molar-refractivity contribution in [2.45, 2.75) is 64.0 Å². The van der Waals surface area contributed by atoms with Gasteiger partial charge in [-0.25, -0.2) is 0 Å². The van der Waals surface area contributed by atoms with Crippen LogP contribution in [0.4, 0.5) is 14.5 Å². The summed E-state index contributed by atoms with van der Waals surface area (Å²) >= 11 is 0. The van der Waals surface area contributed by atoms with Gasteiger partial charge in [0.2, 0.25) is 5.91 Å². The molecule has 35 heavy (non-hydrogen) atoms. The number of aromatic nitrogens is 1. The molecular weight excluding hydrogens is 476 g/mol. The molecule has 2 atom stereocenters. The second-order valence-electron chi connectivity index (χ2n) is 10.7. The molecule has 2 saturated heterocycles. The highest BCUT2D eigenvalue weighted by molar-refractivity contribution is 5.97. The number of ether oxygens (including phenoxy) is 1. The molecule has 4 heterocycles. The van der Waals surface area contributed by atoms with Gasteiger partial charge in [-0.15, -0.1) is 12.4 Å². The van der Waals surface area contributed by atoms with E-state index < -0.39 is 5.92 Å². The van der Waals surface area contributed by atoms with Crippen LogP contribution in [0.5, 0.6) is 0 Å². The predicted molar refractivity (Wildman–Crippen MR) is 136 cm³/mol. The third-order valence-electron chi connectivity index (χ3n) is 7.33. The van der Waals surface area contributed by atoms with Crippen LogP contribution in [0.1, 0.15) is 51.8 Å². The van der Waals surface area contributed by atoms with Crippen LogP contribution in [0.15, 0.2) is 12.3 Å². The van der Waals surface area contributed by atoms with E-state index >= 15 is 0 Å². The van der Waals surface area contributed by atoms with Gasteiger partial charge >= 0.3 is 0 Å². The number of rotatable bonds is 7. The molecular formula is C25H40ClF2N5O2. The third kappa shape index (κ3) is 6.31. The Morgan fingerprint density at radius 3 is 2.71 bits per heavy atom. The SMILES string of the molecule is CCCC(F)(F)c1cc2c(cn1)C(C)(C)CN2C(=O)CN1C[C@@H](C)NC[C@@H]1CN1CCOCC1.Cl. The summed E-state index contributed by atoms with van der Waals surface area (Å²) in [6.07, 6.45) is 1.67. The normalized spacial score (nSPS) is 25.3. The van der Waals surface area contributed by atoms with E-state index in [2.05, 4.69) is 27.0 Å². The van der Waals surface area contributed by atoms with Crippen LogP contribution in [-0.4, -0.2) is 91.8 Å². The minimum Gasteiger partial charge on any atom is -0.379 e. The molecule has 0 bridgehead atoms. The van der Waals surface area contributed by atoms with Crippen molar-refractivity contribution in [1.29, 1.82) is 0 Å². The van der Waals surface area contributed by atoms with Gasteiger partial charge in [-0.1, -0.05) is 27.2 Å². The number of piperazine rings is 1. The van der Waals surface area contributed by atoms with Crippen LogP contribution in [0.3, 0.4) is 0 Å². The zero-order valence-corrected chi connectivity index (χ0v) is 22.2. The Morgan fingerprint density at radius 2 is 2.03 bits per heavy atom. The van der Waals surface area contributed by atoms with E-state index in [1.807, 2.05) is 13.8 Å². The van der Waals surface area contributed by atoms with Crippen LogP contribution < -0.4 is 10.2 Å². The zero-order chi connectivity index (χ0) is 24.5. The van der Waals surface area contributed by atoms with Crippen molar-refractivity contribution in [3.05, 3.63) is 23.5 Å². The van der Waals surface area contributed by atoms with Crippen molar-refractivity contribution in [2.75, 3.05) is 63.9 Å². The van der Waals surface area contributed by atoms with E-state index in [1.54, 1.807) is 18.0 Å². The first-order chi connectivity index (χ1) is 16.1. The predicted octanol–water partition coefficient (Wildman–Crippen LogP) is 3.01. The topological polar surface area (TPSA) is 60.9 Å². The number of carbonyl (C=O) groups is 1. The number of morpholine rings is 1. The largest absolute Gasteiger partial charge is 0.379 e. The summed E-state index contributed by atoms with van der Waals surface area (Å²) in [4.78, 5) is 24.1. The quantitative estimate of drug-likeness (QED) is 0.602. The molecule has 1 aromatic heterocycles. The monoisotopic (exact) mass is 515 g/mol. The van der Waals surface area contributed by atoms with Crippen LogP contribution in [0.2, 0.25) is 0 Å². The molecule has 1 aromatic rings. The molecule has 1 amide bonds. The second kappa shape index (κ2) is 11.3. The molecule has 0 saturated carbocycles. The van der Waals surface area contributed by atoms with E-state index in [1.165, 1.54) is 6.07 Å². The van der Waals surface area contributed by atoms with Crippen molar-refractivity contribution in [3.63, 3.8) is 0 Å². The fourth-order valence-corrected chi connectivity index (χ4v) is 5.37. The summed E-state index contributed by atoms with van der Waals surface area (Å²) in [6.45, 7) is 14.5. The molecule has 0 radical (unpaired) electrons. The van der Waals surface area contributed by atoms with Gasteiger partial charge in [-0.3, -0.25) is 19.6 Å². The number of alkyl halides is 2. The van der Waals surface area contributed by atoms with E-state index in [9.17, 15) is 13.6 Å². The smallest absolute Gasteiger partial charge is 0.289 e. The van der Waals surface area contributed by atoms with E-state index in [0.717, 1.165) is 51.5 Å². The van der Waals surface area contributed by atoms with Gasteiger partial charge in [-0.05, 0) is 13.0 Å². The Labute approximate surface area is 214 Å². The molecule has 0 spiro atoms. The minimum atomic E-state index is -3.00. The first kappa shape index (κ1) is 28.2. The van der Waals surface area contributed by atoms with Crippen molar-refractivity contribution >= 4 is 24.0 Å². The molecule has 2 fully saturated rings. The summed E-state index contributed by atoms with van der Waals surface area (Å²) < 4.78 is 34.8. The van der Waals surface area contributed by atoms with Crippen LogP contribution in [0.25, 0.3) is 0 Å². The number of amides is 1.